The number of hydrogen-bond donors (Lipinski definition) is 1. The summed E-state index contributed by atoms with van der Waals surface area (Å²) in [6, 6.07) is 2.93. The lowest BCUT2D eigenvalue weighted by atomic mass is 10.0. The van der Waals surface area contributed by atoms with Crippen LogP contribution in [0, 0.1) is 0 Å². The van der Waals surface area contributed by atoms with Crippen LogP contribution in [0.5, 0.6) is 11.5 Å². The van der Waals surface area contributed by atoms with Crippen molar-refractivity contribution in [2.24, 2.45) is 0 Å². The van der Waals surface area contributed by atoms with E-state index in [2.05, 4.69) is 0 Å². The number of hydrogen-bond acceptors (Lipinski definition) is 3. The summed E-state index contributed by atoms with van der Waals surface area (Å²) >= 11 is 0. The van der Waals surface area contributed by atoms with Crippen molar-refractivity contribution >= 4 is 0 Å². The number of fused-ring (bicyclic) bond motifs is 1. The molecule has 0 fully saturated rings. The predicted molar refractivity (Wildman–Crippen MR) is 57.8 cm³/mol. The maximum absolute atomic E-state index is 12.9. The van der Waals surface area contributed by atoms with Crippen molar-refractivity contribution in [3.63, 3.8) is 0 Å². The van der Waals surface area contributed by atoms with Crippen LogP contribution >= 0.6 is 0 Å². The molecule has 1 aromatic carbocycles. The van der Waals surface area contributed by atoms with Crippen LogP contribution in [0.25, 0.3) is 0 Å². The van der Waals surface area contributed by atoms with Gasteiger partial charge in [0.05, 0.1) is 0 Å². The Hall–Kier alpha value is -1.36. The van der Waals surface area contributed by atoms with E-state index in [4.69, 9.17) is 14.6 Å². The van der Waals surface area contributed by atoms with E-state index in [0.29, 0.717) is 43.1 Å². The first kappa shape index (κ1) is 12.1. The number of aliphatic hydroxyl groups excluding tert-OH is 1. The van der Waals surface area contributed by atoms with E-state index >= 15 is 0 Å². The highest BCUT2D eigenvalue weighted by Crippen LogP contribution is 2.37. The maximum Gasteiger partial charge on any atom is 0.264 e. The lowest BCUT2D eigenvalue weighted by molar-refractivity contribution is 0.145. The number of alkyl halides is 2. The van der Waals surface area contributed by atoms with Gasteiger partial charge in [0.2, 0.25) is 0 Å². The van der Waals surface area contributed by atoms with Crippen LogP contribution in [0.15, 0.2) is 12.1 Å². The normalized spacial score (nSPS) is 14.1. The molecule has 0 spiro atoms. The van der Waals surface area contributed by atoms with E-state index in [0.717, 1.165) is 0 Å². The lowest BCUT2D eigenvalue weighted by Gasteiger charge is -2.21. The number of rotatable bonds is 4. The molecule has 2 rings (SSSR count). The largest absolute Gasteiger partial charge is 0.486 e. The van der Waals surface area contributed by atoms with Gasteiger partial charge in [-0.25, -0.2) is 8.78 Å². The predicted octanol–water partition coefficient (Wildman–Crippen LogP) is 2.32. The molecule has 3 nitrogen and oxygen atoms in total. The summed E-state index contributed by atoms with van der Waals surface area (Å²) in [5.41, 5.74) is 0.473. The Bertz CT molecular complexity index is 394. The van der Waals surface area contributed by atoms with Gasteiger partial charge < -0.3 is 14.6 Å². The Morgan fingerprint density at radius 2 is 1.82 bits per heavy atom. The average Bonchev–Trinajstić information content (AvgIpc) is 2.35. The fourth-order valence-corrected chi connectivity index (χ4v) is 1.84. The third-order valence-corrected chi connectivity index (χ3v) is 2.64. The van der Waals surface area contributed by atoms with Gasteiger partial charge in [0.1, 0.15) is 13.2 Å². The zero-order valence-corrected chi connectivity index (χ0v) is 9.29. The van der Waals surface area contributed by atoms with Gasteiger partial charge in [-0.05, 0) is 30.5 Å². The summed E-state index contributed by atoms with van der Waals surface area (Å²) in [4.78, 5) is 0. The minimum atomic E-state index is -2.54. The Morgan fingerprint density at radius 1 is 1.18 bits per heavy atom. The third-order valence-electron chi connectivity index (χ3n) is 2.64. The van der Waals surface area contributed by atoms with Crippen molar-refractivity contribution in [2.45, 2.75) is 19.3 Å². The number of halogens is 2. The van der Waals surface area contributed by atoms with Gasteiger partial charge in [0, 0.05) is 12.2 Å². The second-order valence-electron chi connectivity index (χ2n) is 3.82. The molecule has 0 aliphatic carbocycles. The molecule has 5 heteroatoms. The van der Waals surface area contributed by atoms with Crippen molar-refractivity contribution < 1.29 is 23.4 Å². The van der Waals surface area contributed by atoms with Gasteiger partial charge >= 0.3 is 0 Å². The molecule has 17 heavy (non-hydrogen) atoms. The number of aliphatic hydroxyl groups is 1. The molecule has 0 unspecified atom stereocenters. The van der Waals surface area contributed by atoms with Crippen molar-refractivity contribution in [3.05, 3.63) is 23.3 Å². The summed E-state index contributed by atoms with van der Waals surface area (Å²) in [7, 11) is 0. The van der Waals surface area contributed by atoms with Gasteiger partial charge in [0.15, 0.2) is 11.5 Å². The molecule has 0 saturated heterocycles. The van der Waals surface area contributed by atoms with Gasteiger partial charge in [-0.15, -0.1) is 0 Å². The average molecular weight is 244 g/mol. The molecule has 0 atom stereocenters. The fraction of sp³-hybridized carbons (Fsp3) is 0.500. The number of aryl methyl sites for hydroxylation is 1. The zero-order chi connectivity index (χ0) is 12.3. The summed E-state index contributed by atoms with van der Waals surface area (Å²) in [6.07, 6.45) is -1.67. The molecule has 1 aliphatic heterocycles. The Labute approximate surface area is 98.0 Å². The Balaban J connectivity index is 2.33. The molecular formula is C12H14F2O3. The van der Waals surface area contributed by atoms with Gasteiger partial charge in [-0.3, -0.25) is 0 Å². The van der Waals surface area contributed by atoms with E-state index in [-0.39, 0.29) is 12.2 Å². The van der Waals surface area contributed by atoms with Gasteiger partial charge in [-0.1, -0.05) is 0 Å². The van der Waals surface area contributed by atoms with E-state index in [1.807, 2.05) is 0 Å². The molecule has 1 N–H and O–H groups in total. The van der Waals surface area contributed by atoms with Crippen molar-refractivity contribution in [1.82, 2.24) is 0 Å². The number of benzene rings is 1. The molecular weight excluding hydrogens is 230 g/mol. The van der Waals surface area contributed by atoms with Crippen LogP contribution < -0.4 is 9.47 Å². The van der Waals surface area contributed by atoms with E-state index in [1.54, 1.807) is 6.07 Å². The minimum Gasteiger partial charge on any atom is -0.486 e. The molecule has 0 saturated carbocycles. The van der Waals surface area contributed by atoms with Crippen molar-refractivity contribution in [2.75, 3.05) is 19.8 Å². The van der Waals surface area contributed by atoms with E-state index in [1.165, 1.54) is 6.07 Å². The summed E-state index contributed by atoms with van der Waals surface area (Å²) < 4.78 is 36.3. The molecule has 94 valence electrons. The minimum absolute atomic E-state index is 0.0167. The molecule has 0 bridgehead atoms. The first-order valence-corrected chi connectivity index (χ1v) is 5.54. The fourth-order valence-electron chi connectivity index (χ4n) is 1.84. The van der Waals surface area contributed by atoms with Crippen LogP contribution in [0.2, 0.25) is 0 Å². The first-order chi connectivity index (χ1) is 8.22. The topological polar surface area (TPSA) is 38.7 Å². The summed E-state index contributed by atoms with van der Waals surface area (Å²) in [5, 5.41) is 8.75. The molecule has 1 aliphatic rings. The highest BCUT2D eigenvalue weighted by atomic mass is 19.3. The highest BCUT2D eigenvalue weighted by Gasteiger charge is 2.20. The molecule has 0 radical (unpaired) electrons. The maximum atomic E-state index is 12.9. The van der Waals surface area contributed by atoms with Crippen LogP contribution in [-0.2, 0) is 6.42 Å². The SMILES string of the molecule is OCCCc1cc2c(cc1C(F)F)OCCO2. The standard InChI is InChI=1S/C12H14F2O3/c13-12(14)9-7-11-10(16-4-5-17-11)6-8(9)2-1-3-15/h6-7,12,15H,1-5H2. The second kappa shape index (κ2) is 5.31. The Morgan fingerprint density at radius 3 is 2.41 bits per heavy atom. The van der Waals surface area contributed by atoms with Gasteiger partial charge in [0.25, 0.3) is 6.43 Å². The number of ether oxygens (including phenoxy) is 2. The van der Waals surface area contributed by atoms with Gasteiger partial charge in [-0.2, -0.15) is 0 Å². The first-order valence-electron chi connectivity index (χ1n) is 5.54. The third kappa shape index (κ3) is 2.66. The van der Waals surface area contributed by atoms with Crippen molar-refractivity contribution in [1.29, 1.82) is 0 Å². The van der Waals surface area contributed by atoms with Crippen molar-refractivity contribution in [3.8, 4) is 11.5 Å². The van der Waals surface area contributed by atoms with Crippen LogP contribution in [0.1, 0.15) is 24.0 Å². The smallest absolute Gasteiger partial charge is 0.264 e. The van der Waals surface area contributed by atoms with Crippen LogP contribution in [-0.4, -0.2) is 24.9 Å². The lowest BCUT2D eigenvalue weighted by Crippen LogP contribution is -2.16. The monoisotopic (exact) mass is 244 g/mol. The van der Waals surface area contributed by atoms with E-state index < -0.39 is 6.43 Å². The second-order valence-corrected chi connectivity index (χ2v) is 3.82. The Kier molecular flexibility index (Phi) is 3.78. The van der Waals surface area contributed by atoms with Crippen LogP contribution in [0.4, 0.5) is 8.78 Å². The zero-order valence-electron chi connectivity index (χ0n) is 9.29. The molecule has 1 heterocycles. The molecule has 1 aromatic rings. The summed E-state index contributed by atoms with van der Waals surface area (Å²) in [6.45, 7) is 0.795. The van der Waals surface area contributed by atoms with Crippen LogP contribution in [0.3, 0.4) is 0 Å². The molecule has 0 amide bonds. The van der Waals surface area contributed by atoms with E-state index in [9.17, 15) is 8.78 Å². The highest BCUT2D eigenvalue weighted by molar-refractivity contribution is 5.48. The molecule has 0 aromatic heterocycles. The summed E-state index contributed by atoms with van der Waals surface area (Å²) in [5.74, 6) is 0.882. The quantitative estimate of drug-likeness (QED) is 0.883.